The molecule has 170 valence electrons. The van der Waals surface area contributed by atoms with Crippen molar-refractivity contribution in [3.8, 4) is 5.75 Å². The number of hydrogen-bond donors (Lipinski definition) is 0. The average molecular weight is 448 g/mol. The lowest BCUT2D eigenvalue weighted by atomic mass is 10.0. The Hall–Kier alpha value is -3.88. The van der Waals surface area contributed by atoms with E-state index < -0.39 is 5.60 Å². The van der Waals surface area contributed by atoms with Crippen LogP contribution in [0.3, 0.4) is 0 Å². The molecular formula is C24H24N4O5. The lowest BCUT2D eigenvalue weighted by Gasteiger charge is -2.23. The number of hydrogen-bond acceptors (Lipinski definition) is 7. The summed E-state index contributed by atoms with van der Waals surface area (Å²) in [4.78, 5) is 29.3. The van der Waals surface area contributed by atoms with Gasteiger partial charge in [-0.25, -0.2) is 9.42 Å². The van der Waals surface area contributed by atoms with Gasteiger partial charge in [-0.3, -0.25) is 9.69 Å². The van der Waals surface area contributed by atoms with Gasteiger partial charge in [-0.05, 0) is 24.6 Å². The summed E-state index contributed by atoms with van der Waals surface area (Å²) in [7, 11) is 0. The van der Waals surface area contributed by atoms with Crippen LogP contribution in [0.15, 0.2) is 59.2 Å². The van der Waals surface area contributed by atoms with Crippen molar-refractivity contribution in [3.05, 3.63) is 77.1 Å². The van der Waals surface area contributed by atoms with E-state index in [0.29, 0.717) is 55.3 Å². The van der Waals surface area contributed by atoms with Crippen LogP contribution in [0.4, 0.5) is 4.79 Å². The highest BCUT2D eigenvalue weighted by molar-refractivity contribution is 5.97. The third-order valence-corrected chi connectivity index (χ3v) is 6.09. The first-order valence-corrected chi connectivity index (χ1v) is 10.8. The number of aryl methyl sites for hydroxylation is 1. The summed E-state index contributed by atoms with van der Waals surface area (Å²) in [6.07, 6.45) is 0.260. The molecule has 2 aliphatic rings. The van der Waals surface area contributed by atoms with Crippen molar-refractivity contribution in [1.29, 1.82) is 0 Å². The molecule has 9 heteroatoms. The Morgan fingerprint density at radius 2 is 1.88 bits per heavy atom. The molecule has 1 atom stereocenters. The van der Waals surface area contributed by atoms with E-state index in [9.17, 15) is 9.59 Å². The molecule has 2 amide bonds. The molecule has 3 heterocycles. The SMILES string of the molecule is Cc1nonc1COc1ccccc1C(=O)N1CC[C@@]2(CN(Cc3ccccc3)C(=O)O2)C1. The Balaban J connectivity index is 1.26. The molecule has 5 rings (SSSR count). The van der Waals surface area contributed by atoms with Crippen molar-refractivity contribution in [2.75, 3.05) is 19.6 Å². The van der Waals surface area contributed by atoms with Crippen LogP contribution in [0, 0.1) is 6.92 Å². The van der Waals surface area contributed by atoms with Crippen LogP contribution in [0.1, 0.15) is 33.7 Å². The number of likely N-dealkylation sites (tertiary alicyclic amines) is 1. The monoisotopic (exact) mass is 448 g/mol. The van der Waals surface area contributed by atoms with E-state index >= 15 is 0 Å². The number of carbonyl (C=O) groups excluding carboxylic acids is 2. The van der Waals surface area contributed by atoms with Crippen LogP contribution in [0.25, 0.3) is 0 Å². The Bertz CT molecular complexity index is 1160. The molecule has 0 aliphatic carbocycles. The smallest absolute Gasteiger partial charge is 0.410 e. The minimum Gasteiger partial charge on any atom is -0.486 e. The molecule has 2 saturated heterocycles. The van der Waals surface area contributed by atoms with Crippen molar-refractivity contribution >= 4 is 12.0 Å². The van der Waals surface area contributed by atoms with Crippen molar-refractivity contribution in [3.63, 3.8) is 0 Å². The van der Waals surface area contributed by atoms with Crippen LogP contribution in [0.2, 0.25) is 0 Å². The van der Waals surface area contributed by atoms with Gasteiger partial charge >= 0.3 is 6.09 Å². The lowest BCUT2D eigenvalue weighted by Crippen LogP contribution is -2.39. The third kappa shape index (κ3) is 4.26. The number of ether oxygens (including phenoxy) is 2. The van der Waals surface area contributed by atoms with Gasteiger partial charge in [0, 0.05) is 19.5 Å². The molecule has 2 fully saturated rings. The molecule has 1 spiro atoms. The van der Waals surface area contributed by atoms with Crippen LogP contribution in [-0.4, -0.2) is 57.3 Å². The minimum absolute atomic E-state index is 0.148. The zero-order valence-corrected chi connectivity index (χ0v) is 18.3. The van der Waals surface area contributed by atoms with E-state index in [1.54, 1.807) is 34.9 Å². The van der Waals surface area contributed by atoms with E-state index in [1.807, 2.05) is 36.4 Å². The fourth-order valence-electron chi connectivity index (χ4n) is 4.32. The first-order chi connectivity index (χ1) is 16.0. The molecule has 0 bridgehead atoms. The second-order valence-electron chi connectivity index (χ2n) is 8.45. The van der Waals surface area contributed by atoms with Crippen molar-refractivity contribution in [2.24, 2.45) is 0 Å². The number of benzene rings is 2. The summed E-state index contributed by atoms with van der Waals surface area (Å²) >= 11 is 0. The zero-order valence-electron chi connectivity index (χ0n) is 18.3. The van der Waals surface area contributed by atoms with Crippen molar-refractivity contribution < 1.29 is 23.7 Å². The van der Waals surface area contributed by atoms with Gasteiger partial charge in [0.2, 0.25) is 0 Å². The normalized spacial score (nSPS) is 19.8. The zero-order chi connectivity index (χ0) is 22.8. The summed E-state index contributed by atoms with van der Waals surface area (Å²) in [5.41, 5.74) is 2.04. The lowest BCUT2D eigenvalue weighted by molar-refractivity contribution is 0.0550. The highest BCUT2D eigenvalue weighted by Gasteiger charge is 2.50. The number of aromatic nitrogens is 2. The van der Waals surface area contributed by atoms with Crippen molar-refractivity contribution in [2.45, 2.75) is 32.1 Å². The van der Waals surface area contributed by atoms with Crippen LogP contribution < -0.4 is 4.74 Å². The Kier molecular flexibility index (Phi) is 5.45. The second-order valence-corrected chi connectivity index (χ2v) is 8.45. The molecule has 0 saturated carbocycles. The van der Waals surface area contributed by atoms with E-state index in [-0.39, 0.29) is 18.6 Å². The number of carbonyl (C=O) groups is 2. The fraction of sp³-hybridized carbons (Fsp3) is 0.333. The number of amides is 2. The van der Waals surface area contributed by atoms with Gasteiger partial charge < -0.3 is 14.4 Å². The predicted octanol–water partition coefficient (Wildman–Crippen LogP) is 3.19. The van der Waals surface area contributed by atoms with Gasteiger partial charge in [-0.1, -0.05) is 52.8 Å². The molecule has 3 aromatic rings. The second kappa shape index (κ2) is 8.57. The first kappa shape index (κ1) is 21.0. The maximum absolute atomic E-state index is 13.3. The van der Waals surface area contributed by atoms with Crippen LogP contribution in [0.5, 0.6) is 5.75 Å². The predicted molar refractivity (Wildman–Crippen MR) is 116 cm³/mol. The van der Waals surface area contributed by atoms with Crippen LogP contribution >= 0.6 is 0 Å². The third-order valence-electron chi connectivity index (χ3n) is 6.09. The van der Waals surface area contributed by atoms with Gasteiger partial charge in [0.05, 0.1) is 18.7 Å². The Morgan fingerprint density at radius 3 is 2.67 bits per heavy atom. The Morgan fingerprint density at radius 1 is 1.09 bits per heavy atom. The number of para-hydroxylation sites is 1. The maximum Gasteiger partial charge on any atom is 0.410 e. The van der Waals surface area contributed by atoms with Gasteiger partial charge in [0.25, 0.3) is 5.91 Å². The fourth-order valence-corrected chi connectivity index (χ4v) is 4.32. The van der Waals surface area contributed by atoms with E-state index in [2.05, 4.69) is 10.3 Å². The average Bonchev–Trinajstić information content (AvgIpc) is 3.51. The molecule has 0 unspecified atom stereocenters. The summed E-state index contributed by atoms with van der Waals surface area (Å²) in [6.45, 7) is 3.73. The molecule has 0 radical (unpaired) electrons. The Labute approximate surface area is 190 Å². The van der Waals surface area contributed by atoms with E-state index in [1.165, 1.54) is 0 Å². The number of rotatable bonds is 6. The van der Waals surface area contributed by atoms with Gasteiger partial charge in [-0.2, -0.15) is 0 Å². The highest BCUT2D eigenvalue weighted by Crippen LogP contribution is 2.34. The molecule has 2 aliphatic heterocycles. The van der Waals surface area contributed by atoms with Gasteiger partial charge in [-0.15, -0.1) is 0 Å². The number of nitrogens with zero attached hydrogens (tertiary/aromatic N) is 4. The molecule has 1 aromatic heterocycles. The summed E-state index contributed by atoms with van der Waals surface area (Å²) in [6, 6.07) is 16.9. The van der Waals surface area contributed by atoms with Crippen molar-refractivity contribution in [1.82, 2.24) is 20.1 Å². The molecular weight excluding hydrogens is 424 g/mol. The van der Waals surface area contributed by atoms with Crippen LogP contribution in [-0.2, 0) is 17.9 Å². The van der Waals surface area contributed by atoms with Gasteiger partial charge in [0.1, 0.15) is 23.7 Å². The van der Waals surface area contributed by atoms with E-state index in [4.69, 9.17) is 14.1 Å². The highest BCUT2D eigenvalue weighted by atomic mass is 16.6. The standard InChI is InChI=1S/C24H24N4O5/c1-17-20(26-33-25-17)14-31-21-10-6-5-9-19(21)22(29)27-12-11-24(15-27)16-28(23(30)32-24)13-18-7-3-2-4-8-18/h2-10H,11-16H2,1H3/t24-/m0/s1. The quantitative estimate of drug-likeness (QED) is 0.571. The minimum atomic E-state index is -0.680. The van der Waals surface area contributed by atoms with Gasteiger partial charge in [0.15, 0.2) is 5.60 Å². The summed E-state index contributed by atoms with van der Waals surface area (Å²) < 4.78 is 16.3. The van der Waals surface area contributed by atoms with E-state index in [0.717, 1.165) is 5.56 Å². The molecule has 2 aromatic carbocycles. The first-order valence-electron chi connectivity index (χ1n) is 10.8. The summed E-state index contributed by atoms with van der Waals surface area (Å²) in [5, 5.41) is 7.56. The molecule has 33 heavy (non-hydrogen) atoms. The maximum atomic E-state index is 13.3. The molecule has 0 N–H and O–H groups in total. The molecule has 9 nitrogen and oxygen atoms in total. The summed E-state index contributed by atoms with van der Waals surface area (Å²) in [5.74, 6) is 0.301. The topological polar surface area (TPSA) is 98.0 Å². The largest absolute Gasteiger partial charge is 0.486 e.